The van der Waals surface area contributed by atoms with Gasteiger partial charge < -0.3 is 4.57 Å². The molecule has 0 aliphatic heterocycles. The Balaban J connectivity index is 2.16. The summed E-state index contributed by atoms with van der Waals surface area (Å²) in [6.07, 6.45) is 4.83. The van der Waals surface area contributed by atoms with Crippen molar-refractivity contribution in [3.05, 3.63) is 83.2 Å². The first-order chi connectivity index (χ1) is 10.2. The minimum absolute atomic E-state index is 0.237. The maximum Gasteiger partial charge on any atom is 0.196 e. The normalized spacial score (nSPS) is 10.6. The van der Waals surface area contributed by atoms with Crippen LogP contribution in [-0.2, 0) is 0 Å². The Labute approximate surface area is 125 Å². The molecule has 0 unspecified atom stereocenters. The number of hydrogen-bond acceptors (Lipinski definition) is 2. The van der Waals surface area contributed by atoms with Gasteiger partial charge in [0.2, 0.25) is 0 Å². The highest BCUT2D eigenvalue weighted by atomic mass is 35.5. The molecule has 0 saturated carbocycles. The predicted octanol–water partition coefficient (Wildman–Crippen LogP) is 3.90. The highest BCUT2D eigenvalue weighted by Crippen LogP contribution is 2.23. The highest BCUT2D eigenvalue weighted by molar-refractivity contribution is 6.35. The van der Waals surface area contributed by atoms with Crippen LogP contribution in [0.15, 0.2) is 61.2 Å². The Morgan fingerprint density at radius 1 is 1.14 bits per heavy atom. The third kappa shape index (κ3) is 2.58. The molecule has 0 amide bonds. The molecule has 21 heavy (non-hydrogen) atoms. The van der Waals surface area contributed by atoms with E-state index in [1.165, 1.54) is 12.1 Å². The van der Waals surface area contributed by atoms with E-state index in [2.05, 4.69) is 4.98 Å². The summed E-state index contributed by atoms with van der Waals surface area (Å²) in [4.78, 5) is 16.6. The lowest BCUT2D eigenvalue weighted by atomic mass is 10.0. The lowest BCUT2D eigenvalue weighted by Crippen LogP contribution is -2.08. The molecular weight excluding hydrogens is 291 g/mol. The van der Waals surface area contributed by atoms with Crippen LogP contribution >= 0.6 is 11.6 Å². The molecule has 0 atom stereocenters. The van der Waals surface area contributed by atoms with Crippen molar-refractivity contribution in [2.45, 2.75) is 0 Å². The molecule has 0 N–H and O–H groups in total. The lowest BCUT2D eigenvalue weighted by molar-refractivity contribution is 0.103. The van der Waals surface area contributed by atoms with Crippen molar-refractivity contribution in [2.75, 3.05) is 0 Å². The largest absolute Gasteiger partial charge is 0.306 e. The standard InChI is InChI=1S/C16H10ClFN2O/c17-14-4-2-1-3-12(14)16(21)13-9-11(18)5-6-15(13)20-8-7-19-10-20/h1-10H. The van der Waals surface area contributed by atoms with E-state index in [1.807, 2.05) is 0 Å². The number of imidazole rings is 1. The maximum absolute atomic E-state index is 13.6. The number of nitrogens with zero attached hydrogens (tertiary/aromatic N) is 2. The molecule has 0 saturated heterocycles. The molecule has 0 bridgehead atoms. The van der Waals surface area contributed by atoms with Crippen molar-refractivity contribution >= 4 is 17.4 Å². The number of aromatic nitrogens is 2. The first kappa shape index (κ1) is 13.5. The molecular formula is C16H10ClFN2O. The summed E-state index contributed by atoms with van der Waals surface area (Å²) in [5, 5.41) is 0.336. The van der Waals surface area contributed by atoms with Gasteiger partial charge >= 0.3 is 0 Å². The zero-order valence-electron chi connectivity index (χ0n) is 10.8. The molecule has 3 nitrogen and oxygen atoms in total. The average Bonchev–Trinajstić information content (AvgIpc) is 3.01. The van der Waals surface area contributed by atoms with Crippen LogP contribution < -0.4 is 0 Å². The van der Waals surface area contributed by atoms with Gasteiger partial charge in [0.1, 0.15) is 5.82 Å². The van der Waals surface area contributed by atoms with Crippen LogP contribution in [0.5, 0.6) is 0 Å². The Morgan fingerprint density at radius 3 is 2.67 bits per heavy atom. The van der Waals surface area contributed by atoms with Crippen molar-refractivity contribution < 1.29 is 9.18 Å². The molecule has 0 spiro atoms. The molecule has 104 valence electrons. The summed E-state index contributed by atoms with van der Waals surface area (Å²) in [7, 11) is 0. The first-order valence-electron chi connectivity index (χ1n) is 6.24. The molecule has 0 fully saturated rings. The number of hydrogen-bond donors (Lipinski definition) is 0. The van der Waals surface area contributed by atoms with E-state index in [1.54, 1.807) is 53.6 Å². The van der Waals surface area contributed by atoms with Gasteiger partial charge in [-0.15, -0.1) is 0 Å². The summed E-state index contributed by atoms with van der Waals surface area (Å²) in [5.41, 5.74) is 1.13. The van der Waals surface area contributed by atoms with E-state index >= 15 is 0 Å². The molecule has 0 aliphatic rings. The van der Waals surface area contributed by atoms with Crippen LogP contribution in [0.1, 0.15) is 15.9 Å². The second kappa shape index (κ2) is 5.50. The predicted molar refractivity (Wildman–Crippen MR) is 78.4 cm³/mol. The Kier molecular flexibility index (Phi) is 3.54. The maximum atomic E-state index is 13.6. The number of ketones is 1. The van der Waals surface area contributed by atoms with Crippen LogP contribution in [0.2, 0.25) is 5.02 Å². The summed E-state index contributed by atoms with van der Waals surface area (Å²) in [6.45, 7) is 0. The fourth-order valence-electron chi connectivity index (χ4n) is 2.11. The fourth-order valence-corrected chi connectivity index (χ4v) is 2.33. The Bertz CT molecular complexity index is 800. The van der Waals surface area contributed by atoms with Crippen LogP contribution in [0.4, 0.5) is 4.39 Å². The molecule has 5 heteroatoms. The van der Waals surface area contributed by atoms with Gasteiger partial charge in [-0.1, -0.05) is 23.7 Å². The summed E-state index contributed by atoms with van der Waals surface area (Å²) in [6, 6.07) is 10.8. The Hall–Kier alpha value is -2.46. The van der Waals surface area contributed by atoms with Crippen molar-refractivity contribution in [1.29, 1.82) is 0 Å². The number of benzene rings is 2. The molecule has 0 aliphatic carbocycles. The minimum atomic E-state index is -0.478. The highest BCUT2D eigenvalue weighted by Gasteiger charge is 2.18. The van der Waals surface area contributed by atoms with Gasteiger partial charge in [0.25, 0.3) is 0 Å². The van der Waals surface area contributed by atoms with Crippen molar-refractivity contribution in [3.8, 4) is 5.69 Å². The van der Waals surface area contributed by atoms with Gasteiger partial charge in [-0.05, 0) is 30.3 Å². The van der Waals surface area contributed by atoms with Crippen LogP contribution in [0.3, 0.4) is 0 Å². The van der Waals surface area contributed by atoms with Gasteiger partial charge in [0, 0.05) is 23.5 Å². The molecule has 3 rings (SSSR count). The van der Waals surface area contributed by atoms with E-state index in [4.69, 9.17) is 11.6 Å². The van der Waals surface area contributed by atoms with Gasteiger partial charge in [0.05, 0.1) is 17.0 Å². The Morgan fingerprint density at radius 2 is 1.95 bits per heavy atom. The second-order valence-electron chi connectivity index (χ2n) is 4.44. The zero-order valence-corrected chi connectivity index (χ0v) is 11.6. The summed E-state index contributed by atoms with van der Waals surface area (Å²) < 4.78 is 15.2. The first-order valence-corrected chi connectivity index (χ1v) is 6.62. The smallest absolute Gasteiger partial charge is 0.196 e. The number of rotatable bonds is 3. The summed E-state index contributed by atoms with van der Waals surface area (Å²) >= 11 is 6.05. The minimum Gasteiger partial charge on any atom is -0.306 e. The van der Waals surface area contributed by atoms with E-state index in [0.29, 0.717) is 16.3 Å². The van der Waals surface area contributed by atoms with E-state index in [9.17, 15) is 9.18 Å². The molecule has 2 aromatic carbocycles. The van der Waals surface area contributed by atoms with Crippen molar-refractivity contribution in [1.82, 2.24) is 9.55 Å². The average molecular weight is 301 g/mol. The monoisotopic (exact) mass is 300 g/mol. The number of carbonyl (C=O) groups excluding carboxylic acids is 1. The van der Waals surface area contributed by atoms with Gasteiger partial charge in [-0.25, -0.2) is 9.37 Å². The van der Waals surface area contributed by atoms with Crippen LogP contribution in [0.25, 0.3) is 5.69 Å². The van der Waals surface area contributed by atoms with Crippen molar-refractivity contribution in [3.63, 3.8) is 0 Å². The second-order valence-corrected chi connectivity index (χ2v) is 4.85. The molecule has 3 aromatic rings. The van der Waals surface area contributed by atoms with Gasteiger partial charge in [-0.2, -0.15) is 0 Å². The van der Waals surface area contributed by atoms with Gasteiger partial charge in [-0.3, -0.25) is 4.79 Å². The SMILES string of the molecule is O=C(c1ccccc1Cl)c1cc(F)ccc1-n1ccnc1. The molecule has 1 heterocycles. The molecule has 1 aromatic heterocycles. The lowest BCUT2D eigenvalue weighted by Gasteiger charge is -2.10. The quantitative estimate of drug-likeness (QED) is 0.688. The fraction of sp³-hybridized carbons (Fsp3) is 0. The third-order valence-corrected chi connectivity index (χ3v) is 3.43. The topological polar surface area (TPSA) is 34.9 Å². The van der Waals surface area contributed by atoms with E-state index in [-0.39, 0.29) is 11.3 Å². The molecule has 0 radical (unpaired) electrons. The van der Waals surface area contributed by atoms with Crippen molar-refractivity contribution in [2.24, 2.45) is 0 Å². The van der Waals surface area contributed by atoms with E-state index < -0.39 is 5.82 Å². The third-order valence-electron chi connectivity index (χ3n) is 3.10. The van der Waals surface area contributed by atoms with Crippen LogP contribution in [0, 0.1) is 5.82 Å². The van der Waals surface area contributed by atoms with Gasteiger partial charge in [0.15, 0.2) is 5.78 Å². The van der Waals surface area contributed by atoms with E-state index in [0.717, 1.165) is 0 Å². The summed E-state index contributed by atoms with van der Waals surface area (Å²) in [5.74, 6) is -0.807. The number of carbonyl (C=O) groups is 1. The van der Waals surface area contributed by atoms with Crippen LogP contribution in [-0.4, -0.2) is 15.3 Å². The number of halogens is 2. The zero-order chi connectivity index (χ0) is 14.8.